The van der Waals surface area contributed by atoms with E-state index in [2.05, 4.69) is 37.0 Å². The summed E-state index contributed by atoms with van der Waals surface area (Å²) in [5, 5.41) is 13.4. The number of rotatable bonds is 5. The van der Waals surface area contributed by atoms with Crippen LogP contribution in [-0.4, -0.2) is 21.6 Å². The Hall–Kier alpha value is -4.24. The molecule has 0 saturated heterocycles. The molecule has 4 aromatic rings. The molecule has 1 aromatic heterocycles. The highest BCUT2D eigenvalue weighted by Crippen LogP contribution is 2.38. The van der Waals surface area contributed by atoms with Crippen molar-refractivity contribution in [2.75, 3.05) is 16.0 Å². The monoisotopic (exact) mass is 545 g/mol. The molecule has 3 aromatic carbocycles. The van der Waals surface area contributed by atoms with Gasteiger partial charge in [-0.3, -0.25) is 9.59 Å². The molecule has 3 N–H and O–H groups in total. The molecule has 36 heavy (non-hydrogen) atoms. The van der Waals surface area contributed by atoms with Crippen LogP contribution in [0.1, 0.15) is 28.9 Å². The smallest absolute Gasteiger partial charge is 0.261 e. The third-order valence-corrected chi connectivity index (χ3v) is 6.36. The molecular weight excluding hydrogens is 525 g/mol. The lowest BCUT2D eigenvalue weighted by Gasteiger charge is -2.30. The van der Waals surface area contributed by atoms with E-state index in [0.29, 0.717) is 34.0 Å². The Morgan fingerprint density at radius 3 is 2.25 bits per heavy atom. The van der Waals surface area contributed by atoms with E-state index in [-0.39, 0.29) is 5.91 Å². The first-order valence-electron chi connectivity index (χ1n) is 11.1. The Morgan fingerprint density at radius 2 is 1.56 bits per heavy atom. The van der Waals surface area contributed by atoms with E-state index in [9.17, 15) is 14.0 Å². The standard InChI is InChI=1S/C27H21BrFN5O2/c1-16-23(27(36)33-20-5-3-2-4-6-20)24(17-7-9-18(28)10-8-17)34-25(31-16)22(15-30-34)26(35)32-21-13-11-19(29)12-14-21/h2-15,24,31H,1H3,(H,32,35)(H,33,36)/t24-/m1/s1. The number of aromatic nitrogens is 2. The van der Waals surface area contributed by atoms with Gasteiger partial charge < -0.3 is 16.0 Å². The van der Waals surface area contributed by atoms with Gasteiger partial charge in [-0.2, -0.15) is 5.10 Å². The summed E-state index contributed by atoms with van der Waals surface area (Å²) in [6, 6.07) is 21.7. The van der Waals surface area contributed by atoms with Gasteiger partial charge in [-0.15, -0.1) is 0 Å². The second kappa shape index (κ2) is 9.79. The van der Waals surface area contributed by atoms with Gasteiger partial charge >= 0.3 is 0 Å². The molecule has 0 aliphatic carbocycles. The molecule has 7 nitrogen and oxygen atoms in total. The van der Waals surface area contributed by atoms with Crippen LogP contribution in [0.5, 0.6) is 0 Å². The van der Waals surface area contributed by atoms with E-state index < -0.39 is 17.8 Å². The third-order valence-electron chi connectivity index (χ3n) is 5.83. The number of nitrogens with one attached hydrogen (secondary N) is 3. The molecule has 0 fully saturated rings. The number of hydrogen-bond donors (Lipinski definition) is 3. The van der Waals surface area contributed by atoms with E-state index in [1.807, 2.05) is 54.6 Å². The number of hydrogen-bond acceptors (Lipinski definition) is 4. The molecule has 0 radical (unpaired) electrons. The number of nitrogens with zero attached hydrogens (tertiary/aromatic N) is 2. The molecule has 1 aliphatic heterocycles. The molecule has 0 unspecified atom stereocenters. The van der Waals surface area contributed by atoms with Gasteiger partial charge in [-0.05, 0) is 61.0 Å². The van der Waals surface area contributed by atoms with Crippen molar-refractivity contribution in [3.05, 3.63) is 118 Å². The zero-order valence-corrected chi connectivity index (χ0v) is 20.7. The van der Waals surface area contributed by atoms with Crippen LogP contribution < -0.4 is 16.0 Å². The maximum Gasteiger partial charge on any atom is 0.261 e. The second-order valence-electron chi connectivity index (χ2n) is 8.25. The molecule has 1 atom stereocenters. The predicted octanol–water partition coefficient (Wildman–Crippen LogP) is 5.96. The number of fused-ring (bicyclic) bond motifs is 1. The molecule has 0 saturated carbocycles. The van der Waals surface area contributed by atoms with E-state index in [1.54, 1.807) is 11.6 Å². The van der Waals surface area contributed by atoms with Crippen molar-refractivity contribution in [2.24, 2.45) is 0 Å². The maximum absolute atomic E-state index is 13.5. The lowest BCUT2D eigenvalue weighted by Crippen LogP contribution is -2.32. The molecule has 180 valence electrons. The zero-order valence-electron chi connectivity index (χ0n) is 19.1. The Labute approximate surface area is 215 Å². The highest BCUT2D eigenvalue weighted by molar-refractivity contribution is 9.10. The summed E-state index contributed by atoms with van der Waals surface area (Å²) in [7, 11) is 0. The van der Waals surface area contributed by atoms with Crippen LogP contribution in [0.2, 0.25) is 0 Å². The summed E-state index contributed by atoms with van der Waals surface area (Å²) in [5.41, 5.74) is 3.32. The Balaban J connectivity index is 1.53. The first-order valence-corrected chi connectivity index (χ1v) is 11.9. The Bertz CT molecular complexity index is 1460. The van der Waals surface area contributed by atoms with E-state index in [4.69, 9.17) is 0 Å². The van der Waals surface area contributed by atoms with Crippen LogP contribution in [0.3, 0.4) is 0 Å². The van der Waals surface area contributed by atoms with Crippen molar-refractivity contribution < 1.29 is 14.0 Å². The normalized spacial score (nSPS) is 14.6. The summed E-state index contributed by atoms with van der Waals surface area (Å²) in [6.45, 7) is 1.80. The van der Waals surface area contributed by atoms with Gasteiger partial charge in [0.15, 0.2) is 0 Å². The van der Waals surface area contributed by atoms with E-state index >= 15 is 0 Å². The number of halogens is 2. The molecular formula is C27H21BrFN5O2. The fourth-order valence-corrected chi connectivity index (χ4v) is 4.38. The minimum Gasteiger partial charge on any atom is -0.343 e. The zero-order chi connectivity index (χ0) is 25.2. The summed E-state index contributed by atoms with van der Waals surface area (Å²) in [6.07, 6.45) is 1.46. The molecule has 2 amide bonds. The number of amides is 2. The van der Waals surface area contributed by atoms with Crippen LogP contribution in [0.25, 0.3) is 0 Å². The van der Waals surface area contributed by atoms with Crippen molar-refractivity contribution in [2.45, 2.75) is 13.0 Å². The fraction of sp³-hybridized carbons (Fsp3) is 0.0741. The molecule has 9 heteroatoms. The van der Waals surface area contributed by atoms with Crippen LogP contribution in [-0.2, 0) is 4.79 Å². The average Bonchev–Trinajstić information content (AvgIpc) is 3.29. The van der Waals surface area contributed by atoms with Crippen molar-refractivity contribution in [3.63, 3.8) is 0 Å². The molecule has 0 bridgehead atoms. The molecule has 1 aliphatic rings. The quantitative estimate of drug-likeness (QED) is 0.288. The Morgan fingerprint density at radius 1 is 0.917 bits per heavy atom. The third kappa shape index (κ3) is 4.65. The summed E-state index contributed by atoms with van der Waals surface area (Å²) in [4.78, 5) is 26.6. The SMILES string of the molecule is CC1=C(C(=O)Nc2ccccc2)[C@@H](c2ccc(Br)cc2)n2ncc(C(=O)Nc3ccc(F)cc3)c2N1. The number of carbonyl (C=O) groups is 2. The van der Waals surface area contributed by atoms with Gasteiger partial charge in [-0.25, -0.2) is 9.07 Å². The van der Waals surface area contributed by atoms with Gasteiger partial charge in [0.1, 0.15) is 23.2 Å². The topological polar surface area (TPSA) is 88.0 Å². The molecule has 0 spiro atoms. The second-order valence-corrected chi connectivity index (χ2v) is 9.17. The highest BCUT2D eigenvalue weighted by Gasteiger charge is 2.35. The van der Waals surface area contributed by atoms with Gasteiger partial charge in [-0.1, -0.05) is 46.3 Å². The number of benzene rings is 3. The minimum atomic E-state index is -0.578. The average molecular weight is 546 g/mol. The van der Waals surface area contributed by atoms with Crippen LogP contribution >= 0.6 is 15.9 Å². The van der Waals surface area contributed by atoms with Gasteiger partial charge in [0, 0.05) is 21.5 Å². The molecule has 5 rings (SSSR count). The molecule has 2 heterocycles. The van der Waals surface area contributed by atoms with Gasteiger partial charge in [0.25, 0.3) is 11.8 Å². The van der Waals surface area contributed by atoms with Crippen LogP contribution in [0, 0.1) is 5.82 Å². The summed E-state index contributed by atoms with van der Waals surface area (Å²) >= 11 is 3.46. The fourth-order valence-electron chi connectivity index (χ4n) is 4.12. The summed E-state index contributed by atoms with van der Waals surface area (Å²) in [5.74, 6) is -0.624. The number of para-hydroxylation sites is 1. The Kier molecular flexibility index (Phi) is 6.39. The lowest BCUT2D eigenvalue weighted by atomic mass is 9.94. The largest absolute Gasteiger partial charge is 0.343 e. The van der Waals surface area contributed by atoms with Gasteiger partial charge in [0.2, 0.25) is 0 Å². The van der Waals surface area contributed by atoms with Crippen molar-refractivity contribution in [3.8, 4) is 0 Å². The summed E-state index contributed by atoms with van der Waals surface area (Å²) < 4.78 is 15.8. The van der Waals surface area contributed by atoms with Crippen molar-refractivity contribution in [1.82, 2.24) is 9.78 Å². The minimum absolute atomic E-state index is 0.280. The van der Waals surface area contributed by atoms with E-state index in [0.717, 1.165) is 10.0 Å². The number of anilines is 3. The number of allylic oxidation sites excluding steroid dienone is 1. The first kappa shape index (κ1) is 23.5. The van der Waals surface area contributed by atoms with Crippen LogP contribution in [0.15, 0.2) is 101 Å². The van der Waals surface area contributed by atoms with Gasteiger partial charge in [0.05, 0.1) is 11.8 Å². The van der Waals surface area contributed by atoms with Crippen LogP contribution in [0.4, 0.5) is 21.6 Å². The van der Waals surface area contributed by atoms with E-state index in [1.165, 1.54) is 30.5 Å². The first-order chi connectivity index (χ1) is 17.4. The van der Waals surface area contributed by atoms with Crippen molar-refractivity contribution >= 4 is 44.9 Å². The predicted molar refractivity (Wildman–Crippen MR) is 140 cm³/mol. The van der Waals surface area contributed by atoms with Crippen molar-refractivity contribution in [1.29, 1.82) is 0 Å². The highest BCUT2D eigenvalue weighted by atomic mass is 79.9. The number of carbonyl (C=O) groups excluding carboxylic acids is 2. The lowest BCUT2D eigenvalue weighted by molar-refractivity contribution is -0.113. The maximum atomic E-state index is 13.5.